The van der Waals surface area contributed by atoms with Crippen molar-refractivity contribution in [1.29, 1.82) is 5.41 Å². The summed E-state index contributed by atoms with van der Waals surface area (Å²) in [6.45, 7) is 0.159. The van der Waals surface area contributed by atoms with Crippen molar-refractivity contribution in [1.82, 2.24) is 9.88 Å². The van der Waals surface area contributed by atoms with Gasteiger partial charge in [0.1, 0.15) is 22.4 Å². The number of rotatable bonds is 4. The van der Waals surface area contributed by atoms with Crippen molar-refractivity contribution >= 4 is 32.6 Å². The van der Waals surface area contributed by atoms with E-state index in [9.17, 15) is 13.5 Å². The van der Waals surface area contributed by atoms with Gasteiger partial charge in [-0.2, -0.15) is 0 Å². The SMILES string of the molecule is COc1ccc(-c2csc(C3=C(O)CN([C@H]4CCS(=O)(=O)C4)C3=N)n2)cc1. The van der Waals surface area contributed by atoms with Crippen molar-refractivity contribution in [2.24, 2.45) is 0 Å². The summed E-state index contributed by atoms with van der Waals surface area (Å²) >= 11 is 1.36. The van der Waals surface area contributed by atoms with Crippen molar-refractivity contribution in [3.8, 4) is 17.0 Å². The van der Waals surface area contributed by atoms with Gasteiger partial charge in [-0.1, -0.05) is 0 Å². The van der Waals surface area contributed by atoms with E-state index < -0.39 is 9.84 Å². The third-order valence-electron chi connectivity index (χ3n) is 4.89. The van der Waals surface area contributed by atoms with Crippen molar-refractivity contribution in [3.05, 3.63) is 40.4 Å². The van der Waals surface area contributed by atoms with Crippen LogP contribution < -0.4 is 4.74 Å². The highest BCUT2D eigenvalue weighted by Crippen LogP contribution is 2.34. The van der Waals surface area contributed by atoms with Gasteiger partial charge in [0.2, 0.25) is 0 Å². The van der Waals surface area contributed by atoms with E-state index >= 15 is 0 Å². The molecule has 0 amide bonds. The molecule has 0 bridgehead atoms. The molecule has 0 saturated carbocycles. The fraction of sp³-hybridized carbons (Fsp3) is 0.333. The summed E-state index contributed by atoms with van der Waals surface area (Å²) in [4.78, 5) is 6.25. The maximum absolute atomic E-state index is 11.8. The first-order chi connectivity index (χ1) is 12.9. The maximum atomic E-state index is 11.8. The van der Waals surface area contributed by atoms with Crippen LogP contribution in [0.4, 0.5) is 0 Å². The summed E-state index contributed by atoms with van der Waals surface area (Å²) in [5, 5.41) is 21.3. The summed E-state index contributed by atoms with van der Waals surface area (Å²) in [6.07, 6.45) is 0.486. The number of sulfone groups is 1. The minimum atomic E-state index is -3.06. The van der Waals surface area contributed by atoms with Crippen LogP contribution in [0.3, 0.4) is 0 Å². The Hall–Kier alpha value is -2.39. The average molecular weight is 406 g/mol. The molecule has 4 rings (SSSR count). The highest BCUT2D eigenvalue weighted by Gasteiger charge is 2.39. The lowest BCUT2D eigenvalue weighted by atomic mass is 10.1. The van der Waals surface area contributed by atoms with Crippen LogP contribution in [0, 0.1) is 5.41 Å². The van der Waals surface area contributed by atoms with Gasteiger partial charge < -0.3 is 14.7 Å². The number of ether oxygens (including phenoxy) is 1. The zero-order valence-corrected chi connectivity index (χ0v) is 16.3. The van der Waals surface area contributed by atoms with Crippen LogP contribution in [0.15, 0.2) is 35.4 Å². The molecule has 9 heteroatoms. The second-order valence-corrected chi connectivity index (χ2v) is 9.71. The van der Waals surface area contributed by atoms with Gasteiger partial charge in [-0.15, -0.1) is 11.3 Å². The molecule has 1 fully saturated rings. The van der Waals surface area contributed by atoms with Crippen LogP contribution in [0.2, 0.25) is 0 Å². The monoisotopic (exact) mass is 405 g/mol. The Morgan fingerprint density at radius 3 is 2.70 bits per heavy atom. The van der Waals surface area contributed by atoms with Gasteiger partial charge in [0, 0.05) is 17.0 Å². The Labute approximate surface area is 161 Å². The van der Waals surface area contributed by atoms with Crippen molar-refractivity contribution in [3.63, 3.8) is 0 Å². The van der Waals surface area contributed by atoms with Crippen LogP contribution in [0.25, 0.3) is 16.8 Å². The highest BCUT2D eigenvalue weighted by atomic mass is 32.2. The number of aliphatic hydroxyl groups is 1. The first-order valence-corrected chi connectivity index (χ1v) is 11.2. The van der Waals surface area contributed by atoms with Crippen LogP contribution in [-0.4, -0.2) is 60.4 Å². The Bertz CT molecular complexity index is 1030. The summed E-state index contributed by atoms with van der Waals surface area (Å²) < 4.78 is 28.7. The lowest BCUT2D eigenvalue weighted by molar-refractivity contribution is 0.309. The number of aliphatic hydroxyl groups excluding tert-OH is 1. The van der Waals surface area contributed by atoms with E-state index in [4.69, 9.17) is 10.1 Å². The molecule has 1 aromatic heterocycles. The number of benzene rings is 1. The fourth-order valence-electron chi connectivity index (χ4n) is 3.44. The molecule has 1 saturated heterocycles. The van der Waals surface area contributed by atoms with Gasteiger partial charge in [-0.05, 0) is 30.7 Å². The largest absolute Gasteiger partial charge is 0.510 e. The average Bonchev–Trinajstić information content (AvgIpc) is 3.33. The third-order valence-corrected chi connectivity index (χ3v) is 7.50. The third kappa shape index (κ3) is 3.32. The predicted molar refractivity (Wildman–Crippen MR) is 105 cm³/mol. The van der Waals surface area contributed by atoms with Gasteiger partial charge in [-0.3, -0.25) is 5.41 Å². The molecule has 0 aliphatic carbocycles. The Balaban J connectivity index is 1.57. The molecule has 2 aliphatic heterocycles. The minimum absolute atomic E-state index is 0.0326. The van der Waals surface area contributed by atoms with E-state index in [-0.39, 0.29) is 35.7 Å². The number of methoxy groups -OCH3 is 1. The normalized spacial score (nSPS) is 21.9. The van der Waals surface area contributed by atoms with Gasteiger partial charge in [-0.25, -0.2) is 13.4 Å². The summed E-state index contributed by atoms with van der Waals surface area (Å²) in [5.74, 6) is 1.14. The molecule has 2 N–H and O–H groups in total. The molecule has 27 heavy (non-hydrogen) atoms. The summed E-state index contributed by atoms with van der Waals surface area (Å²) in [7, 11) is -1.45. The van der Waals surface area contributed by atoms with Crippen LogP contribution in [0.5, 0.6) is 5.75 Å². The zero-order valence-electron chi connectivity index (χ0n) is 14.7. The Morgan fingerprint density at radius 1 is 1.33 bits per heavy atom. The molecule has 0 radical (unpaired) electrons. The van der Waals surface area contributed by atoms with Gasteiger partial charge in [0.15, 0.2) is 9.84 Å². The second-order valence-electron chi connectivity index (χ2n) is 6.62. The van der Waals surface area contributed by atoms with E-state index in [1.807, 2.05) is 29.6 Å². The molecular weight excluding hydrogens is 386 g/mol. The molecule has 0 unspecified atom stereocenters. The van der Waals surface area contributed by atoms with Gasteiger partial charge in [0.05, 0.1) is 36.4 Å². The first kappa shape index (κ1) is 18.0. The van der Waals surface area contributed by atoms with E-state index in [0.717, 1.165) is 17.0 Å². The van der Waals surface area contributed by atoms with Crippen molar-refractivity contribution in [2.75, 3.05) is 25.2 Å². The number of amidine groups is 1. The fourth-order valence-corrected chi connectivity index (χ4v) is 6.07. The number of nitrogens with zero attached hydrogens (tertiary/aromatic N) is 2. The molecule has 2 aromatic rings. The molecule has 0 spiro atoms. The topological polar surface area (TPSA) is 104 Å². The van der Waals surface area contributed by atoms with E-state index in [0.29, 0.717) is 17.0 Å². The Morgan fingerprint density at radius 2 is 2.07 bits per heavy atom. The molecule has 1 aromatic carbocycles. The molecular formula is C18H19N3O4S2. The van der Waals surface area contributed by atoms with Crippen molar-refractivity contribution in [2.45, 2.75) is 12.5 Å². The standard InChI is InChI=1S/C18H19N3O4S2/c1-25-13-4-2-11(3-5-13)14-9-26-18(20-14)16-15(22)8-21(17(16)19)12-6-7-27(23,24)10-12/h2-5,9,12,19,22H,6-8,10H2,1H3/t12-/m0/s1. The predicted octanol–water partition coefficient (Wildman–Crippen LogP) is 2.57. The maximum Gasteiger partial charge on any atom is 0.152 e. The van der Waals surface area contributed by atoms with Crippen LogP contribution in [-0.2, 0) is 9.84 Å². The second kappa shape index (κ2) is 6.65. The number of thiazole rings is 1. The van der Waals surface area contributed by atoms with Gasteiger partial charge in [0.25, 0.3) is 0 Å². The lowest BCUT2D eigenvalue weighted by Crippen LogP contribution is -2.38. The number of aromatic nitrogens is 1. The number of hydrogen-bond donors (Lipinski definition) is 2. The number of hydrogen-bond acceptors (Lipinski definition) is 7. The summed E-state index contributed by atoms with van der Waals surface area (Å²) in [6, 6.07) is 7.25. The Kier molecular flexibility index (Phi) is 4.43. The van der Waals surface area contributed by atoms with Crippen molar-refractivity contribution < 1.29 is 18.3 Å². The molecule has 3 heterocycles. The summed E-state index contributed by atoms with van der Waals surface area (Å²) in [5.41, 5.74) is 2.07. The first-order valence-electron chi connectivity index (χ1n) is 8.46. The minimum Gasteiger partial charge on any atom is -0.510 e. The van der Waals surface area contributed by atoms with Crippen LogP contribution in [0.1, 0.15) is 11.4 Å². The smallest absolute Gasteiger partial charge is 0.152 e. The van der Waals surface area contributed by atoms with E-state index in [1.54, 1.807) is 12.0 Å². The number of nitrogens with one attached hydrogen (secondary N) is 1. The highest BCUT2D eigenvalue weighted by molar-refractivity contribution is 7.91. The molecule has 1 atom stereocenters. The quantitative estimate of drug-likeness (QED) is 0.810. The zero-order chi connectivity index (χ0) is 19.2. The molecule has 7 nitrogen and oxygen atoms in total. The molecule has 142 valence electrons. The van der Waals surface area contributed by atoms with E-state index in [1.165, 1.54) is 11.3 Å². The lowest BCUT2D eigenvalue weighted by Gasteiger charge is -2.24. The van der Waals surface area contributed by atoms with Crippen LogP contribution >= 0.6 is 11.3 Å². The van der Waals surface area contributed by atoms with Gasteiger partial charge >= 0.3 is 0 Å². The van der Waals surface area contributed by atoms with E-state index in [2.05, 4.69) is 4.98 Å². The molecule has 2 aliphatic rings.